The van der Waals surface area contributed by atoms with E-state index in [1.807, 2.05) is 29.7 Å². The molecular formula is C20H20Cl2N4OS. The van der Waals surface area contributed by atoms with Gasteiger partial charge in [-0.15, -0.1) is 10.2 Å². The lowest BCUT2D eigenvalue weighted by Gasteiger charge is -2.10. The summed E-state index contributed by atoms with van der Waals surface area (Å²) < 4.78 is 2.05. The average Bonchev–Trinajstić information content (AvgIpc) is 3.10. The Morgan fingerprint density at radius 2 is 1.75 bits per heavy atom. The van der Waals surface area contributed by atoms with Gasteiger partial charge in [0.2, 0.25) is 5.91 Å². The van der Waals surface area contributed by atoms with Gasteiger partial charge in [-0.3, -0.25) is 4.79 Å². The number of carbonyl (C=O) groups is 1. The molecule has 5 nitrogen and oxygen atoms in total. The predicted octanol–water partition coefficient (Wildman–Crippen LogP) is 5.12. The van der Waals surface area contributed by atoms with E-state index >= 15 is 0 Å². The van der Waals surface area contributed by atoms with Crippen LogP contribution in [0.1, 0.15) is 18.3 Å². The highest BCUT2D eigenvalue weighted by Crippen LogP contribution is 2.30. The van der Waals surface area contributed by atoms with Crippen LogP contribution >= 0.6 is 35.0 Å². The molecule has 0 saturated heterocycles. The third-order valence-electron chi connectivity index (χ3n) is 4.15. The van der Waals surface area contributed by atoms with Crippen LogP contribution < -0.4 is 5.32 Å². The molecule has 1 N–H and O–H groups in total. The van der Waals surface area contributed by atoms with E-state index in [4.69, 9.17) is 23.2 Å². The lowest BCUT2D eigenvalue weighted by atomic mass is 10.1. The predicted molar refractivity (Wildman–Crippen MR) is 115 cm³/mol. The summed E-state index contributed by atoms with van der Waals surface area (Å²) in [6.45, 7) is 2.79. The van der Waals surface area contributed by atoms with Crippen LogP contribution in [0.15, 0.2) is 53.7 Å². The van der Waals surface area contributed by atoms with Gasteiger partial charge in [0.15, 0.2) is 5.16 Å². The van der Waals surface area contributed by atoms with Crippen LogP contribution in [0.5, 0.6) is 0 Å². The quantitative estimate of drug-likeness (QED) is 0.499. The van der Waals surface area contributed by atoms with E-state index in [1.165, 1.54) is 17.3 Å². The van der Waals surface area contributed by atoms with Crippen LogP contribution in [0.4, 0.5) is 5.69 Å². The smallest absolute Gasteiger partial charge is 0.234 e. The maximum absolute atomic E-state index is 12.3. The van der Waals surface area contributed by atoms with Crippen molar-refractivity contribution in [1.29, 1.82) is 0 Å². The molecule has 0 radical (unpaired) electrons. The van der Waals surface area contributed by atoms with Crippen LogP contribution in [-0.2, 0) is 24.2 Å². The highest BCUT2D eigenvalue weighted by Gasteiger charge is 2.15. The van der Waals surface area contributed by atoms with Gasteiger partial charge in [0.25, 0.3) is 0 Å². The maximum Gasteiger partial charge on any atom is 0.234 e. The number of nitrogens with one attached hydrogen (secondary N) is 1. The molecule has 0 aliphatic heterocycles. The molecule has 0 aliphatic carbocycles. The summed E-state index contributed by atoms with van der Waals surface area (Å²) in [7, 11) is 0. The molecule has 8 heteroatoms. The number of para-hydroxylation sites is 1. The van der Waals surface area contributed by atoms with Gasteiger partial charge in [-0.1, -0.05) is 71.4 Å². The summed E-state index contributed by atoms with van der Waals surface area (Å²) in [6, 6.07) is 15.4. The fourth-order valence-corrected chi connectivity index (χ4v) is 4.07. The number of rotatable bonds is 8. The fraction of sp³-hybridized carbons (Fsp3) is 0.250. The first-order valence-electron chi connectivity index (χ1n) is 8.91. The van der Waals surface area contributed by atoms with Gasteiger partial charge in [0.05, 0.1) is 21.5 Å². The Balaban J connectivity index is 1.60. The molecule has 0 fully saturated rings. The summed E-state index contributed by atoms with van der Waals surface area (Å²) in [5.41, 5.74) is 1.69. The Hall–Kier alpha value is -2.02. The summed E-state index contributed by atoms with van der Waals surface area (Å²) in [5, 5.41) is 12.9. The minimum Gasteiger partial charge on any atom is -0.323 e. The number of thioether (sulfide) groups is 1. The van der Waals surface area contributed by atoms with Gasteiger partial charge in [-0.05, 0) is 31.0 Å². The number of aryl methyl sites for hydroxylation is 2. The summed E-state index contributed by atoms with van der Waals surface area (Å²) in [4.78, 5) is 12.3. The highest BCUT2D eigenvalue weighted by atomic mass is 35.5. The maximum atomic E-state index is 12.3. The number of hydrogen-bond donors (Lipinski definition) is 1. The molecule has 0 unspecified atom stereocenters. The zero-order valence-electron chi connectivity index (χ0n) is 15.4. The molecule has 28 heavy (non-hydrogen) atoms. The van der Waals surface area contributed by atoms with Gasteiger partial charge in [0, 0.05) is 13.0 Å². The zero-order chi connectivity index (χ0) is 19.9. The van der Waals surface area contributed by atoms with E-state index in [1.54, 1.807) is 18.2 Å². The number of halogens is 2. The number of nitrogens with zero attached hydrogens (tertiary/aromatic N) is 3. The molecule has 0 bridgehead atoms. The molecule has 0 aliphatic rings. The molecule has 2 aromatic carbocycles. The van der Waals surface area contributed by atoms with Crippen molar-refractivity contribution < 1.29 is 4.79 Å². The minimum absolute atomic E-state index is 0.193. The standard InChI is InChI=1S/C20H20Cl2N4OS/c1-2-26-17(12-11-14-7-4-3-5-8-14)24-25-20(26)28-13-18(27)23-19-15(21)9-6-10-16(19)22/h3-10H,2,11-13H2,1H3,(H,23,27). The lowest BCUT2D eigenvalue weighted by molar-refractivity contribution is -0.113. The van der Waals surface area contributed by atoms with E-state index in [0.717, 1.165) is 30.4 Å². The lowest BCUT2D eigenvalue weighted by Crippen LogP contribution is -2.15. The van der Waals surface area contributed by atoms with E-state index in [0.29, 0.717) is 15.7 Å². The number of carbonyl (C=O) groups excluding carboxylic acids is 1. The van der Waals surface area contributed by atoms with Crippen LogP contribution in [-0.4, -0.2) is 26.4 Å². The van der Waals surface area contributed by atoms with Crippen molar-refractivity contribution in [1.82, 2.24) is 14.8 Å². The molecule has 1 aromatic heterocycles. The second-order valence-corrected chi connectivity index (χ2v) is 7.82. The van der Waals surface area contributed by atoms with Crippen LogP contribution in [0.3, 0.4) is 0 Å². The van der Waals surface area contributed by atoms with Gasteiger partial charge >= 0.3 is 0 Å². The summed E-state index contributed by atoms with van der Waals surface area (Å²) >= 11 is 13.5. The third kappa shape index (κ3) is 5.28. The second kappa shape index (κ2) is 9.96. The summed E-state index contributed by atoms with van der Waals surface area (Å²) in [6.07, 6.45) is 1.70. The molecule has 1 amide bonds. The van der Waals surface area contributed by atoms with E-state index in [2.05, 4.69) is 27.6 Å². The van der Waals surface area contributed by atoms with Gasteiger partial charge in [-0.2, -0.15) is 0 Å². The Morgan fingerprint density at radius 3 is 2.43 bits per heavy atom. The summed E-state index contributed by atoms with van der Waals surface area (Å²) in [5.74, 6) is 0.915. The molecule has 3 rings (SSSR count). The fourth-order valence-electron chi connectivity index (χ4n) is 2.75. The molecular weight excluding hydrogens is 415 g/mol. The van der Waals surface area contributed by atoms with Crippen LogP contribution in [0.25, 0.3) is 0 Å². The number of benzene rings is 2. The molecule has 0 spiro atoms. The van der Waals surface area contributed by atoms with Gasteiger partial charge in [-0.25, -0.2) is 0 Å². The molecule has 0 atom stereocenters. The first-order chi connectivity index (χ1) is 13.6. The number of anilines is 1. The largest absolute Gasteiger partial charge is 0.323 e. The average molecular weight is 435 g/mol. The Labute approximate surface area is 178 Å². The van der Waals surface area contributed by atoms with Crippen molar-refractivity contribution >= 4 is 46.6 Å². The van der Waals surface area contributed by atoms with Gasteiger partial charge < -0.3 is 9.88 Å². The number of amides is 1. The monoisotopic (exact) mass is 434 g/mol. The molecule has 1 heterocycles. The minimum atomic E-state index is -0.198. The van der Waals surface area contributed by atoms with Crippen molar-refractivity contribution in [2.75, 3.05) is 11.1 Å². The molecule has 0 saturated carbocycles. The SMILES string of the molecule is CCn1c(CCc2ccccc2)nnc1SCC(=O)Nc1c(Cl)cccc1Cl. The van der Waals surface area contributed by atoms with Crippen LogP contribution in [0, 0.1) is 0 Å². The molecule has 3 aromatic rings. The van der Waals surface area contributed by atoms with Crippen molar-refractivity contribution in [2.45, 2.75) is 31.5 Å². The van der Waals surface area contributed by atoms with Crippen molar-refractivity contribution in [3.8, 4) is 0 Å². The van der Waals surface area contributed by atoms with E-state index in [9.17, 15) is 4.79 Å². The number of aromatic nitrogens is 3. The highest BCUT2D eigenvalue weighted by molar-refractivity contribution is 7.99. The molecule has 146 valence electrons. The zero-order valence-corrected chi connectivity index (χ0v) is 17.7. The Bertz CT molecular complexity index is 926. The van der Waals surface area contributed by atoms with Crippen molar-refractivity contribution in [3.05, 3.63) is 70.0 Å². The van der Waals surface area contributed by atoms with Crippen molar-refractivity contribution in [2.24, 2.45) is 0 Å². The van der Waals surface area contributed by atoms with Crippen LogP contribution in [0.2, 0.25) is 10.0 Å². The van der Waals surface area contributed by atoms with E-state index < -0.39 is 0 Å². The first kappa shape index (κ1) is 20.7. The Kier molecular flexibility index (Phi) is 7.36. The third-order valence-corrected chi connectivity index (χ3v) is 5.75. The Morgan fingerprint density at radius 1 is 1.04 bits per heavy atom. The normalized spacial score (nSPS) is 10.8. The van der Waals surface area contributed by atoms with Crippen molar-refractivity contribution in [3.63, 3.8) is 0 Å². The number of hydrogen-bond acceptors (Lipinski definition) is 4. The van der Waals surface area contributed by atoms with Gasteiger partial charge in [0.1, 0.15) is 5.82 Å². The first-order valence-corrected chi connectivity index (χ1v) is 10.6. The second-order valence-electron chi connectivity index (χ2n) is 6.06. The topological polar surface area (TPSA) is 59.8 Å². The van der Waals surface area contributed by atoms with E-state index in [-0.39, 0.29) is 11.7 Å².